The first-order chi connectivity index (χ1) is 17.0. The molecule has 4 aliphatic carbocycles. The van der Waals surface area contributed by atoms with Crippen molar-refractivity contribution < 1.29 is 19.1 Å². The summed E-state index contributed by atoms with van der Waals surface area (Å²) in [4.78, 5) is 51.6. The first-order valence-electron chi connectivity index (χ1n) is 12.7. The molecule has 36 heavy (non-hydrogen) atoms. The van der Waals surface area contributed by atoms with Crippen LogP contribution >= 0.6 is 0 Å². The van der Waals surface area contributed by atoms with Crippen LogP contribution in [0.1, 0.15) is 58.1 Å². The lowest BCUT2D eigenvalue weighted by molar-refractivity contribution is -0.181. The molecule has 2 aromatic rings. The van der Waals surface area contributed by atoms with Gasteiger partial charge in [0.25, 0.3) is 11.5 Å². The van der Waals surface area contributed by atoms with E-state index >= 15 is 0 Å². The van der Waals surface area contributed by atoms with E-state index in [4.69, 9.17) is 4.74 Å². The molecule has 0 aliphatic heterocycles. The molecule has 0 saturated heterocycles. The third kappa shape index (κ3) is 4.04. The topological polar surface area (TPSA) is 111 Å². The Bertz CT molecular complexity index is 1260. The maximum Gasteiger partial charge on any atom is 0.312 e. The molecule has 1 aromatic heterocycles. The Morgan fingerprint density at radius 3 is 2.33 bits per heavy atom. The second-order valence-electron chi connectivity index (χ2n) is 11.2. The third-order valence-electron chi connectivity index (χ3n) is 8.39. The van der Waals surface area contributed by atoms with E-state index in [0.29, 0.717) is 29.6 Å². The molecule has 6 rings (SSSR count). The molecular formula is C27H34N4O5. The van der Waals surface area contributed by atoms with Crippen LogP contribution < -0.4 is 16.2 Å². The summed E-state index contributed by atoms with van der Waals surface area (Å²) in [6, 6.07) is 9.17. The normalized spacial score (nSPS) is 29.0. The van der Waals surface area contributed by atoms with Crippen LogP contribution in [0.4, 0.5) is 5.69 Å². The molecule has 9 nitrogen and oxygen atoms in total. The quantitative estimate of drug-likeness (QED) is 0.600. The highest BCUT2D eigenvalue weighted by Gasteiger charge is 2.61. The summed E-state index contributed by atoms with van der Waals surface area (Å²) in [5, 5.41) is 5.84. The lowest BCUT2D eigenvalue weighted by Crippen LogP contribution is -2.65. The van der Waals surface area contributed by atoms with Crippen molar-refractivity contribution in [3.8, 4) is 5.69 Å². The Hall–Kier alpha value is -3.36. The highest BCUT2D eigenvalue weighted by molar-refractivity contribution is 5.96. The van der Waals surface area contributed by atoms with E-state index in [1.807, 2.05) is 30.3 Å². The monoisotopic (exact) mass is 494 g/mol. The first kappa shape index (κ1) is 24.3. The smallest absolute Gasteiger partial charge is 0.312 e. The number of esters is 1. The number of carbonyl (C=O) groups is 3. The van der Waals surface area contributed by atoms with Gasteiger partial charge in [-0.1, -0.05) is 18.2 Å². The van der Waals surface area contributed by atoms with E-state index in [0.717, 1.165) is 32.1 Å². The molecule has 3 atom stereocenters. The average Bonchev–Trinajstić information content (AvgIpc) is 3.00. The largest absolute Gasteiger partial charge is 0.452 e. The zero-order valence-corrected chi connectivity index (χ0v) is 21.3. The van der Waals surface area contributed by atoms with Gasteiger partial charge in [-0.2, -0.15) is 0 Å². The molecule has 9 heteroatoms. The van der Waals surface area contributed by atoms with Crippen molar-refractivity contribution in [2.45, 2.75) is 70.9 Å². The summed E-state index contributed by atoms with van der Waals surface area (Å²) >= 11 is 0. The number of benzene rings is 1. The number of nitrogens with one attached hydrogen (secondary N) is 2. The van der Waals surface area contributed by atoms with Crippen molar-refractivity contribution in [2.24, 2.45) is 24.3 Å². The van der Waals surface area contributed by atoms with E-state index in [1.165, 1.54) is 18.5 Å². The van der Waals surface area contributed by atoms with Crippen LogP contribution in [0.3, 0.4) is 0 Å². The van der Waals surface area contributed by atoms with Gasteiger partial charge in [-0.05, 0) is 76.3 Å². The zero-order valence-electron chi connectivity index (χ0n) is 21.3. The number of rotatable bonds is 6. The van der Waals surface area contributed by atoms with Crippen LogP contribution in [0.15, 0.2) is 35.1 Å². The third-order valence-corrected chi connectivity index (χ3v) is 8.39. The van der Waals surface area contributed by atoms with E-state index in [1.54, 1.807) is 18.7 Å². The molecule has 2 N–H and O–H groups in total. The van der Waals surface area contributed by atoms with Gasteiger partial charge in [-0.25, -0.2) is 4.68 Å². The summed E-state index contributed by atoms with van der Waals surface area (Å²) in [5.74, 6) is -0.250. The highest BCUT2D eigenvalue weighted by atomic mass is 16.5. The fourth-order valence-corrected chi connectivity index (χ4v) is 7.30. The van der Waals surface area contributed by atoms with Gasteiger partial charge in [0.15, 0.2) is 6.10 Å². The van der Waals surface area contributed by atoms with Crippen LogP contribution in [0.25, 0.3) is 5.69 Å². The number of hydrogen-bond acceptors (Lipinski definition) is 5. The van der Waals surface area contributed by atoms with Gasteiger partial charge in [0, 0.05) is 19.5 Å². The molecule has 0 spiro atoms. The number of amides is 2. The molecule has 1 heterocycles. The predicted molar refractivity (Wildman–Crippen MR) is 134 cm³/mol. The summed E-state index contributed by atoms with van der Waals surface area (Å²) in [6.07, 6.45) is 3.83. The number of hydrogen-bond donors (Lipinski definition) is 2. The molecule has 3 unspecified atom stereocenters. The minimum atomic E-state index is -1.06. The minimum Gasteiger partial charge on any atom is -0.452 e. The van der Waals surface area contributed by atoms with Crippen molar-refractivity contribution in [1.82, 2.24) is 14.7 Å². The molecule has 0 radical (unpaired) electrons. The lowest BCUT2D eigenvalue weighted by atomic mass is 9.47. The molecular weight excluding hydrogens is 460 g/mol. The van der Waals surface area contributed by atoms with Gasteiger partial charge in [-0.15, -0.1) is 0 Å². The fourth-order valence-electron chi connectivity index (χ4n) is 7.30. The Morgan fingerprint density at radius 2 is 1.72 bits per heavy atom. The van der Waals surface area contributed by atoms with Crippen molar-refractivity contribution in [2.75, 3.05) is 5.32 Å². The molecule has 4 saturated carbocycles. The number of anilines is 1. The number of para-hydroxylation sites is 1. The average molecular weight is 495 g/mol. The summed E-state index contributed by atoms with van der Waals surface area (Å²) in [5.41, 5.74) is 0.0468. The Morgan fingerprint density at radius 1 is 1.08 bits per heavy atom. The molecule has 4 aliphatic rings. The number of ether oxygens (including phenoxy) is 1. The molecule has 2 amide bonds. The first-order valence-corrected chi connectivity index (χ1v) is 12.7. The Labute approximate surface area is 210 Å². The second kappa shape index (κ2) is 8.64. The van der Waals surface area contributed by atoms with E-state index < -0.39 is 17.4 Å². The van der Waals surface area contributed by atoms with E-state index in [-0.39, 0.29) is 28.7 Å². The van der Waals surface area contributed by atoms with Crippen molar-refractivity contribution in [3.05, 3.63) is 46.4 Å². The number of carbonyl (C=O) groups excluding carboxylic acids is 3. The highest BCUT2D eigenvalue weighted by Crippen LogP contribution is 2.62. The minimum absolute atomic E-state index is 0.0763. The maximum atomic E-state index is 13.5. The van der Waals surface area contributed by atoms with E-state index in [9.17, 15) is 19.2 Å². The van der Waals surface area contributed by atoms with Crippen molar-refractivity contribution in [3.63, 3.8) is 0 Å². The van der Waals surface area contributed by atoms with Gasteiger partial charge in [0.2, 0.25) is 5.91 Å². The summed E-state index contributed by atoms with van der Waals surface area (Å²) < 4.78 is 8.91. The van der Waals surface area contributed by atoms with Gasteiger partial charge in [-0.3, -0.25) is 23.9 Å². The van der Waals surface area contributed by atoms with Gasteiger partial charge < -0.3 is 15.4 Å². The van der Waals surface area contributed by atoms with Crippen molar-refractivity contribution in [1.29, 1.82) is 0 Å². The van der Waals surface area contributed by atoms with Crippen LogP contribution in [0, 0.1) is 24.2 Å². The number of aromatic nitrogens is 2. The SMILES string of the molecule is CC(=O)NC12CC3CC(C1)CC(C(=O)OC(C)C(=O)Nc1c(C)n(C)n(-c4ccccc4)c1=O)(C3)C2. The molecule has 4 bridgehead atoms. The van der Waals surface area contributed by atoms with Crippen molar-refractivity contribution >= 4 is 23.5 Å². The summed E-state index contributed by atoms with van der Waals surface area (Å²) in [6.45, 7) is 4.81. The fraction of sp³-hybridized carbons (Fsp3) is 0.556. The van der Waals surface area contributed by atoms with Gasteiger partial charge in [0.05, 0.1) is 16.8 Å². The van der Waals surface area contributed by atoms with Crippen LogP contribution in [-0.4, -0.2) is 38.8 Å². The van der Waals surface area contributed by atoms with Crippen LogP contribution in [0.5, 0.6) is 0 Å². The standard InChI is InChI=1S/C27H34N4O5/c1-16-22(24(34)31(30(16)4)21-8-6-5-7-9-21)28-23(33)17(2)36-25(35)26-11-19-10-20(12-26)14-27(13-19,15-26)29-18(3)32/h5-9,17,19-20H,10-15H2,1-4H3,(H,28,33)(H,29,32). The van der Waals surface area contributed by atoms with Gasteiger partial charge >= 0.3 is 5.97 Å². The summed E-state index contributed by atoms with van der Waals surface area (Å²) in [7, 11) is 1.75. The Kier molecular flexibility index (Phi) is 5.84. The van der Waals surface area contributed by atoms with Crippen LogP contribution in [-0.2, 0) is 26.2 Å². The molecule has 1 aromatic carbocycles. The number of nitrogens with zero attached hydrogens (tertiary/aromatic N) is 2. The predicted octanol–water partition coefficient (Wildman–Crippen LogP) is 2.83. The van der Waals surface area contributed by atoms with Crippen LogP contribution in [0.2, 0.25) is 0 Å². The van der Waals surface area contributed by atoms with E-state index in [2.05, 4.69) is 10.6 Å². The Balaban J connectivity index is 1.31. The van der Waals surface area contributed by atoms with Gasteiger partial charge in [0.1, 0.15) is 5.69 Å². The molecule has 4 fully saturated rings. The zero-order chi connectivity index (χ0) is 25.8. The second-order valence-corrected chi connectivity index (χ2v) is 11.2. The lowest BCUT2D eigenvalue weighted by Gasteiger charge is -2.60. The molecule has 192 valence electrons. The maximum absolute atomic E-state index is 13.5.